The maximum Gasteiger partial charge on any atom is 0.141 e. The van der Waals surface area contributed by atoms with E-state index < -0.39 is 6.10 Å². The molecule has 2 heterocycles. The Hall–Kier alpha value is -2.14. The SMILES string of the molecule is COc1cccc([C@H]2C[C@H](O)CN2c2ccc(F)cn2)c1. The fourth-order valence-corrected chi connectivity index (χ4v) is 2.77. The Morgan fingerprint density at radius 2 is 2.19 bits per heavy atom. The molecule has 1 aliphatic rings. The number of rotatable bonds is 3. The van der Waals surface area contributed by atoms with E-state index in [0.29, 0.717) is 18.8 Å². The molecule has 1 aromatic carbocycles. The summed E-state index contributed by atoms with van der Waals surface area (Å²) in [7, 11) is 1.63. The first-order chi connectivity index (χ1) is 10.2. The summed E-state index contributed by atoms with van der Waals surface area (Å²) in [5.41, 5.74) is 1.05. The zero-order valence-corrected chi connectivity index (χ0v) is 11.7. The number of aliphatic hydroxyl groups is 1. The smallest absolute Gasteiger partial charge is 0.141 e. The van der Waals surface area contributed by atoms with Crippen molar-refractivity contribution in [3.05, 3.63) is 54.0 Å². The monoisotopic (exact) mass is 288 g/mol. The van der Waals surface area contributed by atoms with Crippen molar-refractivity contribution < 1.29 is 14.2 Å². The lowest BCUT2D eigenvalue weighted by Crippen LogP contribution is -2.25. The Balaban J connectivity index is 1.93. The van der Waals surface area contributed by atoms with Crippen LogP contribution in [0.15, 0.2) is 42.6 Å². The lowest BCUT2D eigenvalue weighted by molar-refractivity contribution is 0.194. The van der Waals surface area contributed by atoms with Gasteiger partial charge in [0, 0.05) is 6.54 Å². The fraction of sp³-hybridized carbons (Fsp3) is 0.312. The van der Waals surface area contributed by atoms with Gasteiger partial charge in [0.05, 0.1) is 25.5 Å². The Morgan fingerprint density at radius 1 is 1.33 bits per heavy atom. The van der Waals surface area contributed by atoms with Crippen molar-refractivity contribution >= 4 is 5.82 Å². The molecular formula is C16H17FN2O2. The summed E-state index contributed by atoms with van der Waals surface area (Å²) in [6, 6.07) is 10.8. The number of ether oxygens (including phenoxy) is 1. The minimum Gasteiger partial charge on any atom is -0.497 e. The van der Waals surface area contributed by atoms with Crippen molar-refractivity contribution in [2.45, 2.75) is 18.6 Å². The van der Waals surface area contributed by atoms with Crippen LogP contribution in [0.2, 0.25) is 0 Å². The van der Waals surface area contributed by atoms with E-state index in [1.54, 1.807) is 13.2 Å². The van der Waals surface area contributed by atoms with E-state index in [4.69, 9.17) is 4.74 Å². The number of benzene rings is 1. The van der Waals surface area contributed by atoms with Crippen molar-refractivity contribution in [1.82, 2.24) is 4.98 Å². The molecule has 1 saturated heterocycles. The van der Waals surface area contributed by atoms with Crippen LogP contribution >= 0.6 is 0 Å². The van der Waals surface area contributed by atoms with Gasteiger partial charge in [0.25, 0.3) is 0 Å². The summed E-state index contributed by atoms with van der Waals surface area (Å²) < 4.78 is 18.3. The molecule has 2 aromatic rings. The number of halogens is 1. The number of hydrogen-bond acceptors (Lipinski definition) is 4. The van der Waals surface area contributed by atoms with Gasteiger partial charge in [0.1, 0.15) is 17.4 Å². The molecule has 0 aliphatic carbocycles. The molecule has 0 radical (unpaired) electrons. The van der Waals surface area contributed by atoms with Crippen LogP contribution in [0.25, 0.3) is 0 Å². The maximum atomic E-state index is 13.0. The second kappa shape index (κ2) is 5.69. The molecule has 4 nitrogen and oxygen atoms in total. The zero-order chi connectivity index (χ0) is 14.8. The van der Waals surface area contributed by atoms with Crippen LogP contribution < -0.4 is 9.64 Å². The van der Waals surface area contributed by atoms with Crippen LogP contribution in [0, 0.1) is 5.82 Å². The minimum absolute atomic E-state index is 0.00746. The minimum atomic E-state index is -0.423. The van der Waals surface area contributed by atoms with Gasteiger partial charge in [-0.3, -0.25) is 0 Å². The van der Waals surface area contributed by atoms with Crippen LogP contribution in [0.4, 0.5) is 10.2 Å². The van der Waals surface area contributed by atoms with E-state index in [2.05, 4.69) is 4.98 Å². The molecule has 1 N–H and O–H groups in total. The normalized spacial score (nSPS) is 21.6. The Bertz CT molecular complexity index is 618. The lowest BCUT2D eigenvalue weighted by atomic mass is 10.0. The number of aromatic nitrogens is 1. The summed E-state index contributed by atoms with van der Waals surface area (Å²) in [6.07, 6.45) is 1.39. The molecule has 1 fully saturated rings. The Morgan fingerprint density at radius 3 is 2.90 bits per heavy atom. The first-order valence-corrected chi connectivity index (χ1v) is 6.87. The quantitative estimate of drug-likeness (QED) is 0.942. The molecule has 0 bridgehead atoms. The molecular weight excluding hydrogens is 271 g/mol. The van der Waals surface area contributed by atoms with Crippen molar-refractivity contribution in [2.24, 2.45) is 0 Å². The molecule has 0 saturated carbocycles. The summed E-state index contributed by atoms with van der Waals surface area (Å²) in [6.45, 7) is 0.487. The number of methoxy groups -OCH3 is 1. The molecule has 2 atom stereocenters. The number of hydrogen-bond donors (Lipinski definition) is 1. The number of nitrogens with zero attached hydrogens (tertiary/aromatic N) is 2. The molecule has 1 aliphatic heterocycles. The van der Waals surface area contributed by atoms with E-state index in [1.165, 1.54) is 12.3 Å². The van der Waals surface area contributed by atoms with Gasteiger partial charge >= 0.3 is 0 Å². The number of pyridine rings is 1. The van der Waals surface area contributed by atoms with Crippen LogP contribution in [0.1, 0.15) is 18.0 Å². The fourth-order valence-electron chi connectivity index (χ4n) is 2.77. The summed E-state index contributed by atoms with van der Waals surface area (Å²) in [5.74, 6) is 1.08. The molecule has 0 unspecified atom stereocenters. The van der Waals surface area contributed by atoms with Gasteiger partial charge in [-0.2, -0.15) is 0 Å². The predicted molar refractivity (Wildman–Crippen MR) is 77.9 cm³/mol. The van der Waals surface area contributed by atoms with Crippen LogP contribution in [-0.4, -0.2) is 29.8 Å². The first kappa shape index (κ1) is 13.8. The number of anilines is 1. The van der Waals surface area contributed by atoms with Crippen molar-refractivity contribution in [3.8, 4) is 5.75 Å². The maximum absolute atomic E-state index is 13.0. The van der Waals surface area contributed by atoms with Gasteiger partial charge in [-0.15, -0.1) is 0 Å². The number of β-amino-alcohol motifs (C(OH)–C–C–N with tert-alkyl or cyclic N) is 1. The molecule has 21 heavy (non-hydrogen) atoms. The van der Waals surface area contributed by atoms with Gasteiger partial charge in [-0.25, -0.2) is 9.37 Å². The highest BCUT2D eigenvalue weighted by atomic mass is 19.1. The average Bonchev–Trinajstić information content (AvgIpc) is 2.90. The molecule has 0 amide bonds. The van der Waals surface area contributed by atoms with Crippen molar-refractivity contribution in [1.29, 1.82) is 0 Å². The first-order valence-electron chi connectivity index (χ1n) is 6.87. The summed E-state index contributed by atoms with van der Waals surface area (Å²) >= 11 is 0. The molecule has 1 aromatic heterocycles. The lowest BCUT2D eigenvalue weighted by Gasteiger charge is -2.26. The predicted octanol–water partition coefficient (Wildman–Crippen LogP) is 2.54. The largest absolute Gasteiger partial charge is 0.497 e. The van der Waals surface area contributed by atoms with Crippen LogP contribution in [0.3, 0.4) is 0 Å². The summed E-state index contributed by atoms with van der Waals surface area (Å²) in [5, 5.41) is 10.00. The third-order valence-electron chi connectivity index (χ3n) is 3.76. The third kappa shape index (κ3) is 2.83. The van der Waals surface area contributed by atoms with Gasteiger partial charge in [-0.1, -0.05) is 12.1 Å². The van der Waals surface area contributed by atoms with Gasteiger partial charge in [0.15, 0.2) is 0 Å². The molecule has 5 heteroatoms. The summed E-state index contributed by atoms with van der Waals surface area (Å²) in [4.78, 5) is 6.12. The molecule has 3 rings (SSSR count). The van der Waals surface area contributed by atoms with Gasteiger partial charge in [-0.05, 0) is 36.2 Å². The second-order valence-electron chi connectivity index (χ2n) is 5.17. The van der Waals surface area contributed by atoms with E-state index in [-0.39, 0.29) is 11.9 Å². The second-order valence-corrected chi connectivity index (χ2v) is 5.17. The van der Waals surface area contributed by atoms with Crippen LogP contribution in [-0.2, 0) is 0 Å². The Labute approximate surface area is 122 Å². The molecule has 110 valence electrons. The van der Waals surface area contributed by atoms with Crippen LogP contribution in [0.5, 0.6) is 5.75 Å². The van der Waals surface area contributed by atoms with Crippen molar-refractivity contribution in [3.63, 3.8) is 0 Å². The van der Waals surface area contributed by atoms with Gasteiger partial charge < -0.3 is 14.7 Å². The third-order valence-corrected chi connectivity index (χ3v) is 3.76. The average molecular weight is 288 g/mol. The highest BCUT2D eigenvalue weighted by Crippen LogP contribution is 2.36. The van der Waals surface area contributed by atoms with Crippen molar-refractivity contribution in [2.75, 3.05) is 18.6 Å². The zero-order valence-electron chi connectivity index (χ0n) is 11.7. The standard InChI is InChI=1S/C16H17FN2O2/c1-21-14-4-2-3-11(7-14)15-8-13(20)10-19(15)16-6-5-12(17)9-18-16/h2-7,9,13,15,20H,8,10H2,1H3/t13-,15+/m0/s1. The Kier molecular flexibility index (Phi) is 3.75. The van der Waals surface area contributed by atoms with E-state index in [9.17, 15) is 9.50 Å². The van der Waals surface area contributed by atoms with Gasteiger partial charge in [0.2, 0.25) is 0 Å². The highest BCUT2D eigenvalue weighted by molar-refractivity contribution is 5.45. The van der Waals surface area contributed by atoms with E-state index >= 15 is 0 Å². The van der Waals surface area contributed by atoms with E-state index in [0.717, 1.165) is 11.3 Å². The highest BCUT2D eigenvalue weighted by Gasteiger charge is 2.33. The molecule has 0 spiro atoms. The topological polar surface area (TPSA) is 45.6 Å². The van der Waals surface area contributed by atoms with E-state index in [1.807, 2.05) is 29.2 Å². The number of aliphatic hydroxyl groups excluding tert-OH is 1.